The van der Waals surface area contributed by atoms with Gasteiger partial charge in [0.25, 0.3) is 0 Å². The standard InChI is InChI=1S/C14H26N2O2/c17-10-13-4-2-1-3-12(13)8-16-14(18)9-15-7-11-5-6-11/h11-13,15,17H,1-10H2,(H,16,18). The van der Waals surface area contributed by atoms with Gasteiger partial charge in [-0.3, -0.25) is 4.79 Å². The van der Waals surface area contributed by atoms with Gasteiger partial charge in [0.2, 0.25) is 5.91 Å². The molecule has 1 amide bonds. The summed E-state index contributed by atoms with van der Waals surface area (Å²) in [4.78, 5) is 11.6. The summed E-state index contributed by atoms with van der Waals surface area (Å²) in [5, 5.41) is 15.5. The van der Waals surface area contributed by atoms with Crippen molar-refractivity contribution in [3.05, 3.63) is 0 Å². The van der Waals surface area contributed by atoms with Crippen molar-refractivity contribution in [2.45, 2.75) is 38.5 Å². The van der Waals surface area contributed by atoms with E-state index >= 15 is 0 Å². The Morgan fingerprint density at radius 1 is 1.06 bits per heavy atom. The summed E-state index contributed by atoms with van der Waals surface area (Å²) < 4.78 is 0. The van der Waals surface area contributed by atoms with Crippen molar-refractivity contribution in [1.29, 1.82) is 0 Å². The lowest BCUT2D eigenvalue weighted by Crippen LogP contribution is -2.40. The fraction of sp³-hybridized carbons (Fsp3) is 0.929. The first kappa shape index (κ1) is 13.8. The van der Waals surface area contributed by atoms with Crippen LogP contribution in [0.1, 0.15) is 38.5 Å². The molecule has 104 valence electrons. The molecule has 2 atom stereocenters. The van der Waals surface area contributed by atoms with Crippen LogP contribution >= 0.6 is 0 Å². The number of hydrogen-bond acceptors (Lipinski definition) is 3. The molecule has 2 unspecified atom stereocenters. The Morgan fingerprint density at radius 3 is 2.44 bits per heavy atom. The Labute approximate surface area is 110 Å². The first-order chi connectivity index (χ1) is 8.79. The molecule has 18 heavy (non-hydrogen) atoms. The van der Waals surface area contributed by atoms with E-state index in [1.807, 2.05) is 0 Å². The van der Waals surface area contributed by atoms with Gasteiger partial charge in [0.1, 0.15) is 0 Å². The molecule has 4 heteroatoms. The van der Waals surface area contributed by atoms with Crippen molar-refractivity contribution < 1.29 is 9.90 Å². The van der Waals surface area contributed by atoms with E-state index in [0.717, 1.165) is 31.8 Å². The van der Waals surface area contributed by atoms with Crippen LogP contribution in [-0.4, -0.2) is 37.3 Å². The molecule has 0 bridgehead atoms. The molecule has 2 aliphatic carbocycles. The molecule has 2 rings (SSSR count). The summed E-state index contributed by atoms with van der Waals surface area (Å²) in [5.74, 6) is 1.77. The first-order valence-electron chi connectivity index (χ1n) is 7.38. The number of carbonyl (C=O) groups excluding carboxylic acids is 1. The third-order valence-corrected chi connectivity index (χ3v) is 4.28. The maximum atomic E-state index is 11.6. The minimum atomic E-state index is 0.0953. The van der Waals surface area contributed by atoms with Crippen molar-refractivity contribution >= 4 is 5.91 Å². The van der Waals surface area contributed by atoms with E-state index in [4.69, 9.17) is 0 Å². The lowest BCUT2D eigenvalue weighted by molar-refractivity contribution is -0.120. The second-order valence-electron chi connectivity index (χ2n) is 5.87. The molecular formula is C14H26N2O2. The lowest BCUT2D eigenvalue weighted by atomic mass is 9.79. The van der Waals surface area contributed by atoms with Gasteiger partial charge < -0.3 is 15.7 Å². The third-order valence-electron chi connectivity index (χ3n) is 4.28. The molecule has 4 nitrogen and oxygen atoms in total. The topological polar surface area (TPSA) is 61.4 Å². The van der Waals surface area contributed by atoms with Gasteiger partial charge in [0.05, 0.1) is 6.54 Å². The van der Waals surface area contributed by atoms with Gasteiger partial charge in [-0.05, 0) is 50.0 Å². The molecule has 0 aromatic carbocycles. The quantitative estimate of drug-likeness (QED) is 0.632. The molecule has 2 fully saturated rings. The molecule has 0 saturated heterocycles. The number of carbonyl (C=O) groups is 1. The number of aliphatic hydroxyl groups excluding tert-OH is 1. The van der Waals surface area contributed by atoms with E-state index < -0.39 is 0 Å². The fourth-order valence-corrected chi connectivity index (χ4v) is 2.81. The number of amides is 1. The predicted molar refractivity (Wildman–Crippen MR) is 71.1 cm³/mol. The van der Waals surface area contributed by atoms with E-state index in [1.165, 1.54) is 25.7 Å². The van der Waals surface area contributed by atoms with Crippen LogP contribution in [0.5, 0.6) is 0 Å². The summed E-state index contributed by atoms with van der Waals surface area (Å²) in [5.41, 5.74) is 0. The smallest absolute Gasteiger partial charge is 0.233 e. The number of aliphatic hydroxyl groups is 1. The third kappa shape index (κ3) is 4.58. The monoisotopic (exact) mass is 254 g/mol. The van der Waals surface area contributed by atoms with Crippen LogP contribution in [0.25, 0.3) is 0 Å². The number of nitrogens with one attached hydrogen (secondary N) is 2. The predicted octanol–water partition coefficient (Wildman–Crippen LogP) is 0.901. The SMILES string of the molecule is O=C(CNCC1CC1)NCC1CCCCC1CO. The fourth-order valence-electron chi connectivity index (χ4n) is 2.81. The highest BCUT2D eigenvalue weighted by atomic mass is 16.3. The van der Waals surface area contributed by atoms with Gasteiger partial charge >= 0.3 is 0 Å². The summed E-state index contributed by atoms with van der Waals surface area (Å²) in [7, 11) is 0. The summed E-state index contributed by atoms with van der Waals surface area (Å²) >= 11 is 0. The van der Waals surface area contributed by atoms with Crippen LogP contribution in [0.2, 0.25) is 0 Å². The van der Waals surface area contributed by atoms with Crippen molar-refractivity contribution in [2.75, 3.05) is 26.2 Å². The molecule has 0 spiro atoms. The van der Waals surface area contributed by atoms with Gasteiger partial charge in [0, 0.05) is 13.2 Å². The lowest BCUT2D eigenvalue weighted by Gasteiger charge is -2.30. The highest BCUT2D eigenvalue weighted by molar-refractivity contribution is 5.77. The molecule has 3 N–H and O–H groups in total. The largest absolute Gasteiger partial charge is 0.396 e. The Balaban J connectivity index is 1.58. The normalized spacial score (nSPS) is 28.1. The highest BCUT2D eigenvalue weighted by Gasteiger charge is 2.25. The number of hydrogen-bond donors (Lipinski definition) is 3. The maximum absolute atomic E-state index is 11.6. The molecule has 2 aliphatic rings. The van der Waals surface area contributed by atoms with E-state index in [9.17, 15) is 9.90 Å². The van der Waals surface area contributed by atoms with Crippen LogP contribution in [-0.2, 0) is 4.79 Å². The second kappa shape index (κ2) is 7.10. The van der Waals surface area contributed by atoms with Gasteiger partial charge in [-0.25, -0.2) is 0 Å². The van der Waals surface area contributed by atoms with E-state index in [0.29, 0.717) is 18.4 Å². The Hall–Kier alpha value is -0.610. The van der Waals surface area contributed by atoms with Gasteiger partial charge in [0.15, 0.2) is 0 Å². The minimum Gasteiger partial charge on any atom is -0.396 e. The van der Waals surface area contributed by atoms with Crippen molar-refractivity contribution in [2.24, 2.45) is 17.8 Å². The summed E-state index contributed by atoms with van der Waals surface area (Å²) in [6.45, 7) is 2.42. The van der Waals surface area contributed by atoms with Crippen molar-refractivity contribution in [3.63, 3.8) is 0 Å². The second-order valence-corrected chi connectivity index (χ2v) is 5.87. The van der Waals surface area contributed by atoms with Gasteiger partial charge in [-0.15, -0.1) is 0 Å². The summed E-state index contributed by atoms with van der Waals surface area (Å²) in [6, 6.07) is 0. The molecule has 0 radical (unpaired) electrons. The number of rotatable bonds is 7. The Kier molecular flexibility index (Phi) is 5.45. The zero-order valence-corrected chi connectivity index (χ0v) is 11.2. The van der Waals surface area contributed by atoms with Crippen LogP contribution in [0, 0.1) is 17.8 Å². The van der Waals surface area contributed by atoms with Gasteiger partial charge in [-0.1, -0.05) is 12.8 Å². The first-order valence-corrected chi connectivity index (χ1v) is 7.38. The van der Waals surface area contributed by atoms with Crippen LogP contribution in [0.15, 0.2) is 0 Å². The average molecular weight is 254 g/mol. The minimum absolute atomic E-state index is 0.0953. The molecule has 0 heterocycles. The molecule has 0 aromatic heterocycles. The van der Waals surface area contributed by atoms with Crippen LogP contribution in [0.4, 0.5) is 0 Å². The molecule has 0 aliphatic heterocycles. The van der Waals surface area contributed by atoms with Crippen LogP contribution in [0.3, 0.4) is 0 Å². The summed E-state index contributed by atoms with van der Waals surface area (Å²) in [6.07, 6.45) is 7.33. The van der Waals surface area contributed by atoms with Crippen molar-refractivity contribution in [3.8, 4) is 0 Å². The molecule has 0 aromatic rings. The molecular weight excluding hydrogens is 228 g/mol. The average Bonchev–Trinajstić information content (AvgIpc) is 3.21. The van der Waals surface area contributed by atoms with E-state index in [1.54, 1.807) is 0 Å². The van der Waals surface area contributed by atoms with Crippen molar-refractivity contribution in [1.82, 2.24) is 10.6 Å². The Bertz CT molecular complexity index is 267. The maximum Gasteiger partial charge on any atom is 0.233 e. The highest BCUT2D eigenvalue weighted by Crippen LogP contribution is 2.29. The van der Waals surface area contributed by atoms with E-state index in [2.05, 4.69) is 10.6 Å². The molecule has 2 saturated carbocycles. The Morgan fingerprint density at radius 2 is 1.78 bits per heavy atom. The van der Waals surface area contributed by atoms with Crippen LogP contribution < -0.4 is 10.6 Å². The zero-order valence-electron chi connectivity index (χ0n) is 11.2. The zero-order chi connectivity index (χ0) is 12.8. The van der Waals surface area contributed by atoms with E-state index in [-0.39, 0.29) is 12.5 Å². The van der Waals surface area contributed by atoms with Gasteiger partial charge in [-0.2, -0.15) is 0 Å².